The highest BCUT2D eigenvalue weighted by molar-refractivity contribution is 5.98. The number of Topliss-reactive ketones (excluding diaryl/α,β-unsaturated/α-hetero) is 1. The van der Waals surface area contributed by atoms with E-state index in [0.717, 1.165) is 0 Å². The molecule has 1 heterocycles. The van der Waals surface area contributed by atoms with Gasteiger partial charge < -0.3 is 14.0 Å². The Morgan fingerprint density at radius 3 is 2.29 bits per heavy atom. The summed E-state index contributed by atoms with van der Waals surface area (Å²) in [5.41, 5.74) is 1.49. The van der Waals surface area contributed by atoms with Gasteiger partial charge in [0.05, 0.1) is 14.2 Å². The molecule has 3 aromatic rings. The number of hydrogen-bond donors (Lipinski definition) is 0. The first-order chi connectivity index (χ1) is 13.3. The number of carbonyl (C=O) groups excluding carboxylic acids is 1. The maximum atomic E-state index is 12.5. The minimum Gasteiger partial charge on any atom is -0.493 e. The molecule has 0 aliphatic heterocycles. The van der Waals surface area contributed by atoms with Crippen LogP contribution in [0.2, 0.25) is 0 Å². The Labute approximate surface area is 157 Å². The number of hydrogen-bond acceptors (Lipinski definition) is 6. The molecule has 0 atom stereocenters. The van der Waals surface area contributed by atoms with Crippen LogP contribution < -0.4 is 9.47 Å². The number of methoxy groups -OCH3 is 2. The van der Waals surface area contributed by atoms with E-state index in [-0.39, 0.29) is 18.0 Å². The van der Waals surface area contributed by atoms with Crippen LogP contribution in [0.4, 0.5) is 13.2 Å². The SMILES string of the molecule is COc1ccc(C(=O)Cc2ccc(-c3noc(C(F)(F)F)n3)cc2)cc1OC. The highest BCUT2D eigenvalue weighted by Crippen LogP contribution is 2.30. The monoisotopic (exact) mass is 392 g/mol. The Hall–Kier alpha value is -3.36. The smallest absolute Gasteiger partial charge is 0.471 e. The van der Waals surface area contributed by atoms with E-state index in [0.29, 0.717) is 28.2 Å². The van der Waals surface area contributed by atoms with Crippen LogP contribution in [0.1, 0.15) is 21.8 Å². The predicted octanol–water partition coefficient (Wildman–Crippen LogP) is 4.20. The van der Waals surface area contributed by atoms with Gasteiger partial charge >= 0.3 is 12.1 Å². The van der Waals surface area contributed by atoms with Crippen molar-refractivity contribution in [3.63, 3.8) is 0 Å². The van der Waals surface area contributed by atoms with E-state index >= 15 is 0 Å². The Morgan fingerprint density at radius 1 is 1.04 bits per heavy atom. The first-order valence-electron chi connectivity index (χ1n) is 8.07. The highest BCUT2D eigenvalue weighted by atomic mass is 19.4. The van der Waals surface area contributed by atoms with Crippen molar-refractivity contribution in [1.82, 2.24) is 10.1 Å². The predicted molar refractivity (Wildman–Crippen MR) is 92.3 cm³/mol. The van der Waals surface area contributed by atoms with Crippen molar-refractivity contribution >= 4 is 5.78 Å². The molecule has 0 saturated heterocycles. The van der Waals surface area contributed by atoms with Crippen LogP contribution in [0.25, 0.3) is 11.4 Å². The third-order valence-electron chi connectivity index (χ3n) is 3.95. The molecule has 0 N–H and O–H groups in total. The number of carbonyl (C=O) groups is 1. The summed E-state index contributed by atoms with van der Waals surface area (Å²) in [6.07, 6.45) is -4.59. The van der Waals surface area contributed by atoms with E-state index < -0.39 is 12.1 Å². The van der Waals surface area contributed by atoms with Crippen LogP contribution >= 0.6 is 0 Å². The number of ether oxygens (including phenoxy) is 2. The molecule has 9 heteroatoms. The first-order valence-corrected chi connectivity index (χ1v) is 8.07. The Balaban J connectivity index is 1.74. The molecule has 0 unspecified atom stereocenters. The van der Waals surface area contributed by atoms with Crippen LogP contribution in [0.5, 0.6) is 11.5 Å². The fourth-order valence-electron chi connectivity index (χ4n) is 2.52. The fourth-order valence-corrected chi connectivity index (χ4v) is 2.52. The highest BCUT2D eigenvalue weighted by Gasteiger charge is 2.38. The van der Waals surface area contributed by atoms with Gasteiger partial charge in [0.1, 0.15) is 0 Å². The summed E-state index contributed by atoms with van der Waals surface area (Å²) in [6, 6.07) is 11.2. The van der Waals surface area contributed by atoms with Gasteiger partial charge in [-0.2, -0.15) is 18.2 Å². The summed E-state index contributed by atoms with van der Waals surface area (Å²) in [5.74, 6) is -0.768. The third-order valence-corrected chi connectivity index (χ3v) is 3.95. The van der Waals surface area contributed by atoms with Gasteiger partial charge in [0.2, 0.25) is 5.82 Å². The van der Waals surface area contributed by atoms with Crippen LogP contribution in [0.3, 0.4) is 0 Å². The second-order valence-electron chi connectivity index (χ2n) is 5.79. The van der Waals surface area contributed by atoms with Gasteiger partial charge in [-0.25, -0.2) is 0 Å². The molecule has 0 spiro atoms. The molecule has 2 aromatic carbocycles. The Bertz CT molecular complexity index is 982. The van der Waals surface area contributed by atoms with E-state index in [1.807, 2.05) is 0 Å². The lowest BCUT2D eigenvalue weighted by Gasteiger charge is -2.09. The molecule has 146 valence electrons. The van der Waals surface area contributed by atoms with E-state index in [1.165, 1.54) is 26.4 Å². The number of alkyl halides is 3. The van der Waals surface area contributed by atoms with Crippen molar-refractivity contribution in [1.29, 1.82) is 0 Å². The zero-order valence-corrected chi connectivity index (χ0v) is 14.9. The van der Waals surface area contributed by atoms with Crippen molar-refractivity contribution in [3.05, 3.63) is 59.5 Å². The zero-order chi connectivity index (χ0) is 20.3. The average Bonchev–Trinajstić information content (AvgIpc) is 3.18. The third kappa shape index (κ3) is 4.13. The van der Waals surface area contributed by atoms with Crippen LogP contribution in [-0.2, 0) is 12.6 Å². The fraction of sp³-hybridized carbons (Fsp3) is 0.211. The molecule has 28 heavy (non-hydrogen) atoms. The van der Waals surface area contributed by atoms with Crippen molar-refractivity contribution in [3.8, 4) is 22.9 Å². The van der Waals surface area contributed by atoms with Gasteiger partial charge in [-0.05, 0) is 23.8 Å². The summed E-state index contributed by atoms with van der Waals surface area (Å²) in [4.78, 5) is 15.8. The van der Waals surface area contributed by atoms with Crippen LogP contribution in [-0.4, -0.2) is 30.1 Å². The lowest BCUT2D eigenvalue weighted by atomic mass is 10.0. The number of halogens is 3. The van der Waals surface area contributed by atoms with Crippen molar-refractivity contribution in [2.75, 3.05) is 14.2 Å². The molecular weight excluding hydrogens is 377 g/mol. The Kier molecular flexibility index (Phi) is 5.34. The molecular formula is C19H15F3N2O4. The average molecular weight is 392 g/mol. The Morgan fingerprint density at radius 2 is 1.71 bits per heavy atom. The van der Waals surface area contributed by atoms with E-state index in [1.54, 1.807) is 30.3 Å². The van der Waals surface area contributed by atoms with Crippen molar-refractivity contribution < 1.29 is 32.0 Å². The number of ketones is 1. The molecule has 0 radical (unpaired) electrons. The zero-order valence-electron chi connectivity index (χ0n) is 14.9. The van der Waals surface area contributed by atoms with Gasteiger partial charge in [0.15, 0.2) is 17.3 Å². The number of nitrogens with zero attached hydrogens (tertiary/aromatic N) is 2. The maximum Gasteiger partial charge on any atom is 0.471 e. The van der Waals surface area contributed by atoms with Gasteiger partial charge in [-0.1, -0.05) is 29.4 Å². The molecule has 0 aliphatic carbocycles. The first kappa shape index (κ1) is 19.4. The van der Waals surface area contributed by atoms with Crippen molar-refractivity contribution in [2.45, 2.75) is 12.6 Å². The minimum absolute atomic E-state index is 0.107. The van der Waals surface area contributed by atoms with Gasteiger partial charge in [-0.3, -0.25) is 4.79 Å². The summed E-state index contributed by atoms with van der Waals surface area (Å²) in [5, 5.41) is 3.33. The molecule has 0 aliphatic rings. The molecule has 0 bridgehead atoms. The normalized spacial score (nSPS) is 11.3. The molecule has 3 rings (SSSR count). The van der Waals surface area contributed by atoms with Crippen LogP contribution in [0.15, 0.2) is 47.0 Å². The summed E-state index contributed by atoms with van der Waals surface area (Å²) in [6.45, 7) is 0. The molecule has 1 aromatic heterocycles. The van der Waals surface area contributed by atoms with E-state index in [4.69, 9.17) is 9.47 Å². The lowest BCUT2D eigenvalue weighted by molar-refractivity contribution is -0.159. The number of rotatable bonds is 6. The summed E-state index contributed by atoms with van der Waals surface area (Å²) in [7, 11) is 2.98. The second kappa shape index (κ2) is 7.71. The van der Waals surface area contributed by atoms with Crippen molar-refractivity contribution in [2.24, 2.45) is 0 Å². The maximum absolute atomic E-state index is 12.5. The molecule has 0 saturated carbocycles. The summed E-state index contributed by atoms with van der Waals surface area (Å²) < 4.78 is 52.2. The number of benzene rings is 2. The minimum atomic E-state index is -4.70. The standard InChI is InChI=1S/C19H15F3N2O4/c1-26-15-8-7-13(10-16(15)27-2)14(25)9-11-3-5-12(6-4-11)17-23-18(28-24-17)19(20,21)22/h3-8,10H,9H2,1-2H3. The largest absolute Gasteiger partial charge is 0.493 e. The topological polar surface area (TPSA) is 74.5 Å². The lowest BCUT2D eigenvalue weighted by Crippen LogP contribution is -2.05. The number of aromatic nitrogens is 2. The molecule has 6 nitrogen and oxygen atoms in total. The van der Waals surface area contributed by atoms with Crippen LogP contribution in [0, 0.1) is 0 Å². The molecule has 0 amide bonds. The van der Waals surface area contributed by atoms with Gasteiger partial charge in [-0.15, -0.1) is 0 Å². The quantitative estimate of drug-likeness (QED) is 0.586. The van der Waals surface area contributed by atoms with E-state index in [2.05, 4.69) is 14.7 Å². The second-order valence-corrected chi connectivity index (χ2v) is 5.79. The van der Waals surface area contributed by atoms with Gasteiger partial charge in [0, 0.05) is 17.5 Å². The van der Waals surface area contributed by atoms with E-state index in [9.17, 15) is 18.0 Å². The summed E-state index contributed by atoms with van der Waals surface area (Å²) >= 11 is 0. The van der Waals surface area contributed by atoms with Gasteiger partial charge in [0.25, 0.3) is 0 Å². The molecule has 0 fully saturated rings.